The van der Waals surface area contributed by atoms with Gasteiger partial charge in [-0.3, -0.25) is 20.2 Å². The lowest BCUT2D eigenvalue weighted by Crippen LogP contribution is -2.13. The van der Waals surface area contributed by atoms with Crippen LogP contribution in [0.15, 0.2) is 22.7 Å². The highest BCUT2D eigenvalue weighted by molar-refractivity contribution is 9.10. The van der Waals surface area contributed by atoms with Gasteiger partial charge in [0, 0.05) is 10.5 Å². The minimum atomic E-state index is -5.19. The molecule has 2 rings (SSSR count). The first-order valence-electron chi connectivity index (χ1n) is 6.79. The Morgan fingerprint density at radius 2 is 1.70 bits per heavy atom. The number of benzene rings is 2. The van der Waals surface area contributed by atoms with Crippen molar-refractivity contribution in [3.8, 4) is 0 Å². The Labute approximate surface area is 161 Å². The maximum absolute atomic E-state index is 14.2. The van der Waals surface area contributed by atoms with Crippen molar-refractivity contribution in [2.24, 2.45) is 0 Å². The van der Waals surface area contributed by atoms with Gasteiger partial charge >= 0.3 is 6.18 Å². The second kappa shape index (κ2) is 7.27. The standard InChI is InChI=1S/C14H7BrClF4N3O4/c1-5-11(15)8(16)4-9(17)12(5)21-13-7(14(18,19)20)2-6(22(24)25)3-10(13)23(26)27/h2-4,21H,1H3. The highest BCUT2D eigenvalue weighted by Gasteiger charge is 2.40. The fourth-order valence-corrected chi connectivity index (χ4v) is 2.76. The molecule has 0 aliphatic carbocycles. The number of anilines is 2. The molecule has 144 valence electrons. The van der Waals surface area contributed by atoms with Gasteiger partial charge in [0.2, 0.25) is 0 Å². The topological polar surface area (TPSA) is 98.3 Å². The molecule has 2 aromatic rings. The van der Waals surface area contributed by atoms with Crippen molar-refractivity contribution < 1.29 is 27.4 Å². The average Bonchev–Trinajstić information content (AvgIpc) is 2.55. The summed E-state index contributed by atoms with van der Waals surface area (Å²) < 4.78 is 54.5. The summed E-state index contributed by atoms with van der Waals surface area (Å²) in [4.78, 5) is 19.6. The summed E-state index contributed by atoms with van der Waals surface area (Å²) in [5.41, 5.74) is -5.65. The number of nitro groups is 2. The second-order valence-electron chi connectivity index (χ2n) is 5.18. The number of halogens is 6. The highest BCUT2D eigenvalue weighted by atomic mass is 79.9. The van der Waals surface area contributed by atoms with Crippen LogP contribution in [0.25, 0.3) is 0 Å². The van der Waals surface area contributed by atoms with E-state index in [2.05, 4.69) is 21.2 Å². The molecule has 0 bridgehead atoms. The van der Waals surface area contributed by atoms with E-state index < -0.39 is 50.2 Å². The third-order valence-electron chi connectivity index (χ3n) is 3.47. The van der Waals surface area contributed by atoms with E-state index in [1.165, 1.54) is 6.92 Å². The predicted molar refractivity (Wildman–Crippen MR) is 91.9 cm³/mol. The highest BCUT2D eigenvalue weighted by Crippen LogP contribution is 2.45. The van der Waals surface area contributed by atoms with Crippen LogP contribution in [-0.4, -0.2) is 9.85 Å². The van der Waals surface area contributed by atoms with Gasteiger partial charge in [-0.25, -0.2) is 4.39 Å². The molecule has 0 aliphatic heterocycles. The van der Waals surface area contributed by atoms with Crippen LogP contribution in [0.4, 0.5) is 40.3 Å². The summed E-state index contributed by atoms with van der Waals surface area (Å²) in [5.74, 6) is -1.07. The number of alkyl halides is 3. The molecule has 0 saturated carbocycles. The third kappa shape index (κ3) is 4.11. The first-order chi connectivity index (χ1) is 12.3. The number of hydrogen-bond donors (Lipinski definition) is 1. The second-order valence-corrected chi connectivity index (χ2v) is 6.38. The minimum Gasteiger partial charge on any atom is -0.347 e. The van der Waals surface area contributed by atoms with Gasteiger partial charge in [-0.05, 0) is 34.5 Å². The van der Waals surface area contributed by atoms with E-state index in [1.54, 1.807) is 0 Å². The molecule has 0 aliphatic rings. The maximum atomic E-state index is 14.2. The summed E-state index contributed by atoms with van der Waals surface area (Å²) in [5, 5.41) is 24.0. The molecule has 0 radical (unpaired) electrons. The lowest BCUT2D eigenvalue weighted by molar-refractivity contribution is -0.394. The molecule has 0 fully saturated rings. The number of non-ortho nitro benzene ring substituents is 1. The van der Waals surface area contributed by atoms with Crippen molar-refractivity contribution in [1.29, 1.82) is 0 Å². The molecule has 0 heterocycles. The van der Waals surface area contributed by atoms with Gasteiger partial charge < -0.3 is 5.32 Å². The molecule has 0 aromatic heterocycles. The van der Waals surface area contributed by atoms with Crippen molar-refractivity contribution in [2.45, 2.75) is 13.1 Å². The Morgan fingerprint density at radius 3 is 2.19 bits per heavy atom. The van der Waals surface area contributed by atoms with Gasteiger partial charge in [0.05, 0.1) is 32.2 Å². The smallest absolute Gasteiger partial charge is 0.347 e. The number of nitrogens with one attached hydrogen (secondary N) is 1. The Morgan fingerprint density at radius 1 is 1.11 bits per heavy atom. The van der Waals surface area contributed by atoms with Crippen molar-refractivity contribution >= 4 is 50.3 Å². The van der Waals surface area contributed by atoms with Crippen LogP contribution in [0, 0.1) is 33.0 Å². The lowest BCUT2D eigenvalue weighted by atomic mass is 10.1. The molecule has 13 heteroatoms. The van der Waals surface area contributed by atoms with Gasteiger partial charge in [-0.15, -0.1) is 0 Å². The van der Waals surface area contributed by atoms with E-state index in [1.807, 2.05) is 0 Å². The van der Waals surface area contributed by atoms with Crippen molar-refractivity contribution in [3.05, 3.63) is 64.9 Å². The molecule has 0 unspecified atom stereocenters. The molecular formula is C14H7BrClF4N3O4. The van der Waals surface area contributed by atoms with Crippen LogP contribution in [-0.2, 0) is 6.18 Å². The van der Waals surface area contributed by atoms with Crippen LogP contribution in [0.5, 0.6) is 0 Å². The average molecular weight is 473 g/mol. The molecule has 0 spiro atoms. The van der Waals surface area contributed by atoms with E-state index in [0.29, 0.717) is 6.07 Å². The van der Waals surface area contributed by atoms with Gasteiger partial charge in [-0.2, -0.15) is 13.2 Å². The van der Waals surface area contributed by atoms with Crippen LogP contribution >= 0.6 is 27.5 Å². The Hall–Kier alpha value is -2.47. The molecule has 27 heavy (non-hydrogen) atoms. The van der Waals surface area contributed by atoms with Crippen molar-refractivity contribution in [3.63, 3.8) is 0 Å². The van der Waals surface area contributed by atoms with Crippen LogP contribution in [0.2, 0.25) is 5.02 Å². The van der Waals surface area contributed by atoms with Crippen molar-refractivity contribution in [2.75, 3.05) is 5.32 Å². The Balaban J connectivity index is 2.82. The maximum Gasteiger partial charge on any atom is 0.418 e. The molecule has 2 aromatic carbocycles. The van der Waals surface area contributed by atoms with Crippen LogP contribution < -0.4 is 5.32 Å². The third-order valence-corrected chi connectivity index (χ3v) is 5.02. The number of rotatable bonds is 4. The SMILES string of the molecule is Cc1c(Br)c(Cl)cc(F)c1Nc1c([N+](=O)[O-])cc([N+](=O)[O-])cc1C(F)(F)F. The first kappa shape index (κ1) is 20.8. The molecule has 0 amide bonds. The molecule has 0 saturated heterocycles. The summed E-state index contributed by atoms with van der Waals surface area (Å²) in [6.45, 7) is 1.31. The molecule has 0 atom stereocenters. The van der Waals surface area contributed by atoms with E-state index >= 15 is 0 Å². The molecule has 1 N–H and O–H groups in total. The van der Waals surface area contributed by atoms with E-state index in [9.17, 15) is 37.8 Å². The van der Waals surface area contributed by atoms with Gasteiger partial charge in [0.1, 0.15) is 11.5 Å². The quantitative estimate of drug-likeness (QED) is 0.250. The Kier molecular flexibility index (Phi) is 5.61. The normalized spacial score (nSPS) is 11.4. The Bertz CT molecular complexity index is 969. The van der Waals surface area contributed by atoms with E-state index in [-0.39, 0.29) is 21.1 Å². The number of nitro benzene ring substituents is 2. The first-order valence-corrected chi connectivity index (χ1v) is 7.96. The summed E-state index contributed by atoms with van der Waals surface area (Å²) in [6, 6.07) is 1.29. The van der Waals surface area contributed by atoms with Crippen LogP contribution in [0.1, 0.15) is 11.1 Å². The van der Waals surface area contributed by atoms with Gasteiger partial charge in [-0.1, -0.05) is 11.6 Å². The lowest BCUT2D eigenvalue weighted by Gasteiger charge is -2.17. The zero-order valence-corrected chi connectivity index (χ0v) is 15.4. The summed E-state index contributed by atoms with van der Waals surface area (Å²) in [6.07, 6.45) is -5.19. The molecule has 7 nitrogen and oxygen atoms in total. The zero-order chi connectivity index (χ0) is 20.7. The number of nitrogens with zero attached hydrogens (tertiary/aromatic N) is 2. The largest absolute Gasteiger partial charge is 0.418 e. The van der Waals surface area contributed by atoms with Crippen molar-refractivity contribution in [1.82, 2.24) is 0 Å². The summed E-state index contributed by atoms with van der Waals surface area (Å²) >= 11 is 8.79. The fraction of sp³-hybridized carbons (Fsp3) is 0.143. The monoisotopic (exact) mass is 471 g/mol. The predicted octanol–water partition coefficient (Wildman–Crippen LogP) is 6.13. The van der Waals surface area contributed by atoms with Gasteiger partial charge in [0.25, 0.3) is 11.4 Å². The van der Waals surface area contributed by atoms with Gasteiger partial charge in [0.15, 0.2) is 0 Å². The zero-order valence-electron chi connectivity index (χ0n) is 13.0. The molecular weight excluding hydrogens is 466 g/mol. The van der Waals surface area contributed by atoms with E-state index in [0.717, 1.165) is 6.07 Å². The van der Waals surface area contributed by atoms with E-state index in [4.69, 9.17) is 11.6 Å². The summed E-state index contributed by atoms with van der Waals surface area (Å²) in [7, 11) is 0. The minimum absolute atomic E-state index is 0.0424. The van der Waals surface area contributed by atoms with Crippen LogP contribution in [0.3, 0.4) is 0 Å². The fourth-order valence-electron chi connectivity index (χ4n) is 2.21. The number of hydrogen-bond acceptors (Lipinski definition) is 5.